The molecule has 6 heteroatoms. The van der Waals surface area contributed by atoms with E-state index >= 15 is 0 Å². The van der Waals surface area contributed by atoms with Gasteiger partial charge >= 0.3 is 0 Å². The van der Waals surface area contributed by atoms with Crippen LogP contribution in [-0.2, 0) is 5.88 Å². The van der Waals surface area contributed by atoms with Crippen molar-refractivity contribution in [1.82, 2.24) is 15.0 Å². The van der Waals surface area contributed by atoms with Crippen LogP contribution in [0.4, 0.5) is 0 Å². The molecule has 0 saturated heterocycles. The van der Waals surface area contributed by atoms with Crippen LogP contribution in [0.3, 0.4) is 0 Å². The van der Waals surface area contributed by atoms with Crippen LogP contribution in [-0.4, -0.2) is 21.3 Å². The van der Waals surface area contributed by atoms with E-state index in [1.165, 1.54) is 0 Å². The van der Waals surface area contributed by atoms with Crippen LogP contribution >= 0.6 is 23.4 Å². The van der Waals surface area contributed by atoms with Crippen molar-refractivity contribution < 1.29 is 4.79 Å². The lowest BCUT2D eigenvalue weighted by molar-refractivity contribution is 0.112. The SMILES string of the molecule is Cc1ccc(C=O)c(-c2cc(Cl)ccc2SCn2nnc3ccccc32)c1. The standard InChI is InChI=1S/C21H16ClN3OS/c1-14-6-7-15(12-26)17(10-14)18-11-16(22)8-9-21(18)27-13-25-20-5-3-2-4-19(20)23-24-25/h2-12H,13H2,1H3. The molecule has 4 rings (SSSR count). The number of aldehydes is 1. The summed E-state index contributed by atoms with van der Waals surface area (Å²) in [6, 6.07) is 19.4. The highest BCUT2D eigenvalue weighted by atomic mass is 35.5. The quantitative estimate of drug-likeness (QED) is 0.326. The molecule has 0 fully saturated rings. The minimum absolute atomic E-state index is 0.609. The van der Waals surface area contributed by atoms with Crippen LogP contribution in [0.2, 0.25) is 5.02 Å². The first-order valence-corrected chi connectivity index (χ1v) is 9.79. The van der Waals surface area contributed by atoms with E-state index in [0.29, 0.717) is 16.5 Å². The molecule has 0 atom stereocenters. The van der Waals surface area contributed by atoms with Gasteiger partial charge in [-0.2, -0.15) is 0 Å². The molecule has 0 amide bonds. The van der Waals surface area contributed by atoms with Crippen molar-refractivity contribution in [2.45, 2.75) is 17.7 Å². The van der Waals surface area contributed by atoms with Gasteiger partial charge in [0.25, 0.3) is 0 Å². The number of aromatic nitrogens is 3. The second-order valence-electron chi connectivity index (χ2n) is 6.20. The zero-order valence-corrected chi connectivity index (χ0v) is 16.2. The molecular weight excluding hydrogens is 378 g/mol. The molecule has 1 aromatic heterocycles. The molecule has 1 heterocycles. The number of halogens is 1. The van der Waals surface area contributed by atoms with Gasteiger partial charge in [-0.05, 0) is 48.4 Å². The molecule has 0 radical (unpaired) electrons. The minimum Gasteiger partial charge on any atom is -0.298 e. The third kappa shape index (κ3) is 3.61. The van der Waals surface area contributed by atoms with E-state index in [1.807, 2.05) is 72.3 Å². The Balaban J connectivity index is 1.72. The lowest BCUT2D eigenvalue weighted by atomic mass is 9.98. The highest BCUT2D eigenvalue weighted by Gasteiger charge is 2.12. The number of hydrogen-bond donors (Lipinski definition) is 0. The second-order valence-corrected chi connectivity index (χ2v) is 7.62. The highest BCUT2D eigenvalue weighted by Crippen LogP contribution is 2.36. The van der Waals surface area contributed by atoms with Gasteiger partial charge in [0, 0.05) is 15.5 Å². The molecule has 0 spiro atoms. The maximum atomic E-state index is 11.5. The minimum atomic E-state index is 0.609. The van der Waals surface area contributed by atoms with Crippen molar-refractivity contribution >= 4 is 40.7 Å². The monoisotopic (exact) mass is 393 g/mol. The van der Waals surface area contributed by atoms with Gasteiger partial charge in [-0.3, -0.25) is 4.79 Å². The first-order valence-electron chi connectivity index (χ1n) is 8.42. The molecule has 0 unspecified atom stereocenters. The van der Waals surface area contributed by atoms with Gasteiger partial charge in [0.1, 0.15) is 5.52 Å². The molecule has 0 aliphatic carbocycles. The highest BCUT2D eigenvalue weighted by molar-refractivity contribution is 7.98. The number of thioether (sulfide) groups is 1. The van der Waals surface area contributed by atoms with E-state index in [-0.39, 0.29) is 0 Å². The molecule has 134 valence electrons. The molecule has 0 N–H and O–H groups in total. The Bertz CT molecular complexity index is 1140. The summed E-state index contributed by atoms with van der Waals surface area (Å²) in [6.45, 7) is 2.01. The molecule has 0 bridgehead atoms. The summed E-state index contributed by atoms with van der Waals surface area (Å²) in [6.07, 6.45) is 0.884. The fourth-order valence-corrected chi connectivity index (χ4v) is 4.10. The number of carbonyl (C=O) groups is 1. The van der Waals surface area contributed by atoms with E-state index in [0.717, 1.165) is 38.9 Å². The number of carbonyl (C=O) groups excluding carboxylic acids is 1. The van der Waals surface area contributed by atoms with E-state index in [2.05, 4.69) is 10.3 Å². The first kappa shape index (κ1) is 17.8. The van der Waals surface area contributed by atoms with Gasteiger partial charge in [-0.1, -0.05) is 52.7 Å². The largest absolute Gasteiger partial charge is 0.298 e. The number of nitrogens with zero attached hydrogens (tertiary/aromatic N) is 3. The zero-order chi connectivity index (χ0) is 18.8. The predicted octanol–water partition coefficient (Wildman–Crippen LogP) is 5.62. The molecule has 0 aliphatic heterocycles. The van der Waals surface area contributed by atoms with Crippen LogP contribution < -0.4 is 0 Å². The molecule has 0 saturated carbocycles. The molecule has 4 aromatic rings. The van der Waals surface area contributed by atoms with E-state index < -0.39 is 0 Å². The number of rotatable bonds is 5. The van der Waals surface area contributed by atoms with Crippen molar-refractivity contribution in [3.8, 4) is 11.1 Å². The number of aryl methyl sites for hydroxylation is 1. The Morgan fingerprint density at radius 2 is 1.93 bits per heavy atom. The van der Waals surface area contributed by atoms with Crippen LogP contribution in [0.5, 0.6) is 0 Å². The van der Waals surface area contributed by atoms with Gasteiger partial charge in [0.05, 0.1) is 11.4 Å². The average Bonchev–Trinajstić information content (AvgIpc) is 3.10. The van der Waals surface area contributed by atoms with Crippen molar-refractivity contribution in [1.29, 1.82) is 0 Å². The normalized spacial score (nSPS) is 11.0. The van der Waals surface area contributed by atoms with Crippen molar-refractivity contribution in [3.63, 3.8) is 0 Å². The number of para-hydroxylation sites is 1. The maximum Gasteiger partial charge on any atom is 0.150 e. The number of hydrogen-bond acceptors (Lipinski definition) is 4. The summed E-state index contributed by atoms with van der Waals surface area (Å²) in [4.78, 5) is 12.6. The third-order valence-electron chi connectivity index (χ3n) is 4.33. The average molecular weight is 394 g/mol. The van der Waals surface area contributed by atoms with Crippen molar-refractivity contribution in [3.05, 3.63) is 76.8 Å². The summed E-state index contributed by atoms with van der Waals surface area (Å²) in [5, 5.41) is 9.08. The topological polar surface area (TPSA) is 47.8 Å². The zero-order valence-electron chi connectivity index (χ0n) is 14.6. The fourth-order valence-electron chi connectivity index (χ4n) is 2.99. The van der Waals surface area contributed by atoms with Crippen LogP contribution in [0.15, 0.2) is 65.6 Å². The lowest BCUT2D eigenvalue weighted by Gasteiger charge is -2.13. The second kappa shape index (κ2) is 7.55. The smallest absolute Gasteiger partial charge is 0.150 e. The van der Waals surface area contributed by atoms with Gasteiger partial charge in [0.2, 0.25) is 0 Å². The van der Waals surface area contributed by atoms with Crippen LogP contribution in [0, 0.1) is 6.92 Å². The summed E-state index contributed by atoms with van der Waals surface area (Å²) in [7, 11) is 0. The molecule has 3 aromatic carbocycles. The fraction of sp³-hybridized carbons (Fsp3) is 0.0952. The van der Waals surface area contributed by atoms with Gasteiger partial charge in [0.15, 0.2) is 6.29 Å². The van der Waals surface area contributed by atoms with Crippen molar-refractivity contribution in [2.75, 3.05) is 0 Å². The van der Waals surface area contributed by atoms with Crippen LogP contribution in [0.25, 0.3) is 22.2 Å². The Morgan fingerprint density at radius 3 is 2.78 bits per heavy atom. The summed E-state index contributed by atoms with van der Waals surface area (Å²) >= 11 is 7.89. The summed E-state index contributed by atoms with van der Waals surface area (Å²) in [5.74, 6) is 0.609. The predicted molar refractivity (Wildman–Crippen MR) is 110 cm³/mol. The van der Waals surface area contributed by atoms with E-state index in [1.54, 1.807) is 11.8 Å². The summed E-state index contributed by atoms with van der Waals surface area (Å²) < 4.78 is 1.87. The molecular formula is C21H16ClN3OS. The van der Waals surface area contributed by atoms with Gasteiger partial charge in [-0.15, -0.1) is 16.9 Å². The summed E-state index contributed by atoms with van der Waals surface area (Å²) in [5.41, 5.74) is 5.44. The Kier molecular flexibility index (Phi) is 4.97. The molecule has 0 aliphatic rings. The van der Waals surface area contributed by atoms with Crippen molar-refractivity contribution in [2.24, 2.45) is 0 Å². The van der Waals surface area contributed by atoms with Gasteiger partial charge in [-0.25, -0.2) is 4.68 Å². The van der Waals surface area contributed by atoms with E-state index in [4.69, 9.17) is 11.6 Å². The van der Waals surface area contributed by atoms with E-state index in [9.17, 15) is 4.79 Å². The van der Waals surface area contributed by atoms with Gasteiger partial charge < -0.3 is 0 Å². The maximum absolute atomic E-state index is 11.5. The first-order chi connectivity index (χ1) is 13.2. The Morgan fingerprint density at radius 1 is 1.07 bits per heavy atom. The molecule has 27 heavy (non-hydrogen) atoms. The molecule has 4 nitrogen and oxygen atoms in total. The Labute approximate surface area is 166 Å². The Hall–Kier alpha value is -2.63. The number of fused-ring (bicyclic) bond motifs is 1. The lowest BCUT2D eigenvalue weighted by Crippen LogP contribution is -1.98. The number of benzene rings is 3. The van der Waals surface area contributed by atoms with Crippen LogP contribution in [0.1, 0.15) is 15.9 Å². The third-order valence-corrected chi connectivity index (χ3v) is 5.61.